The molecule has 2 nitrogen and oxygen atoms in total. The first-order chi connectivity index (χ1) is 5.33. The van der Waals surface area contributed by atoms with Crippen molar-refractivity contribution in [1.82, 2.24) is 4.90 Å². The van der Waals surface area contributed by atoms with E-state index in [0.717, 1.165) is 11.4 Å². The number of nitrogens with zero attached hydrogens (tertiary/aromatic N) is 1. The van der Waals surface area contributed by atoms with Gasteiger partial charge in [-0.15, -0.1) is 11.8 Å². The van der Waals surface area contributed by atoms with E-state index in [1.54, 1.807) is 6.08 Å². The molecular weight excluding hydrogens is 158 g/mol. The molecule has 1 fully saturated rings. The lowest BCUT2D eigenvalue weighted by Gasteiger charge is -2.42. The smallest absolute Gasteiger partial charge is 0.230 e. The number of rotatable bonds is 1. The van der Waals surface area contributed by atoms with Crippen molar-refractivity contribution in [1.29, 1.82) is 0 Å². The number of carbonyl (C=O) groups excluding carboxylic acids is 1. The molecule has 0 aromatic heterocycles. The maximum atomic E-state index is 11.1. The highest BCUT2D eigenvalue weighted by molar-refractivity contribution is 8.00. The molecule has 0 aromatic rings. The van der Waals surface area contributed by atoms with Gasteiger partial charge < -0.3 is 0 Å². The number of hydrogen-bond acceptors (Lipinski definition) is 2. The number of amides is 1. The van der Waals surface area contributed by atoms with E-state index in [0.29, 0.717) is 11.8 Å². The van der Waals surface area contributed by atoms with Gasteiger partial charge in [-0.1, -0.05) is 12.7 Å². The van der Waals surface area contributed by atoms with Crippen LogP contribution >= 0.6 is 11.8 Å². The van der Waals surface area contributed by atoms with Crippen molar-refractivity contribution < 1.29 is 4.79 Å². The minimum Gasteiger partial charge on any atom is -0.300 e. The number of hydrogen-bond donors (Lipinski definition) is 0. The normalized spacial score (nSPS) is 28.7. The van der Waals surface area contributed by atoms with E-state index in [9.17, 15) is 4.79 Å². The number of fused-ring (bicyclic) bond motifs is 1. The van der Waals surface area contributed by atoms with Crippen LogP contribution in [0.15, 0.2) is 24.4 Å². The quantitative estimate of drug-likeness (QED) is 0.550. The monoisotopic (exact) mass is 167 g/mol. The zero-order chi connectivity index (χ0) is 7.84. The van der Waals surface area contributed by atoms with E-state index < -0.39 is 0 Å². The van der Waals surface area contributed by atoms with Crippen molar-refractivity contribution in [3.8, 4) is 0 Å². The van der Waals surface area contributed by atoms with Gasteiger partial charge in [0.15, 0.2) is 0 Å². The SMILES string of the molecule is C=CC1=CCSC2CC(=O)N12. The average molecular weight is 167 g/mol. The summed E-state index contributed by atoms with van der Waals surface area (Å²) in [5, 5.41) is 0.403. The number of β-lactam (4-membered cyclic amide) rings is 1. The predicted octanol–water partition coefficient (Wildman–Crippen LogP) is 1.36. The third-order valence-corrected chi connectivity index (χ3v) is 3.10. The van der Waals surface area contributed by atoms with Crippen LogP contribution in [0, 0.1) is 0 Å². The van der Waals surface area contributed by atoms with Crippen molar-refractivity contribution in [2.24, 2.45) is 0 Å². The fraction of sp³-hybridized carbons (Fsp3) is 0.375. The summed E-state index contributed by atoms with van der Waals surface area (Å²) >= 11 is 1.82. The van der Waals surface area contributed by atoms with Crippen LogP contribution < -0.4 is 0 Å². The number of thioether (sulfide) groups is 1. The molecule has 0 N–H and O–H groups in total. The first kappa shape index (κ1) is 6.98. The Labute approximate surface area is 69.9 Å². The van der Waals surface area contributed by atoms with Crippen LogP contribution in [-0.2, 0) is 4.79 Å². The Morgan fingerprint density at radius 3 is 3.18 bits per heavy atom. The molecule has 0 radical (unpaired) electrons. The van der Waals surface area contributed by atoms with Crippen LogP contribution in [0.4, 0.5) is 0 Å². The molecule has 2 aliphatic rings. The topological polar surface area (TPSA) is 20.3 Å². The predicted molar refractivity (Wildman–Crippen MR) is 46.0 cm³/mol. The Bertz CT molecular complexity index is 246. The summed E-state index contributed by atoms with van der Waals surface area (Å²) < 4.78 is 0. The standard InChI is InChI=1S/C8H9NOS/c1-2-6-3-4-11-8-5-7(10)9(6)8/h2-3,8H,1,4-5H2. The molecule has 1 atom stereocenters. The third-order valence-electron chi connectivity index (χ3n) is 1.97. The second-order valence-electron chi connectivity index (χ2n) is 2.59. The lowest BCUT2D eigenvalue weighted by molar-refractivity contribution is -0.138. The van der Waals surface area contributed by atoms with Crippen molar-refractivity contribution in [2.45, 2.75) is 11.8 Å². The largest absolute Gasteiger partial charge is 0.300 e. The van der Waals surface area contributed by atoms with Gasteiger partial charge in [0.25, 0.3) is 0 Å². The Kier molecular flexibility index (Phi) is 1.53. The van der Waals surface area contributed by atoms with Gasteiger partial charge in [-0.05, 0) is 6.08 Å². The third kappa shape index (κ3) is 0.913. The van der Waals surface area contributed by atoms with Crippen LogP contribution in [0.5, 0.6) is 0 Å². The fourth-order valence-corrected chi connectivity index (χ4v) is 2.49. The van der Waals surface area contributed by atoms with Gasteiger partial charge in [0.05, 0.1) is 11.8 Å². The summed E-state index contributed by atoms with van der Waals surface area (Å²) in [5.41, 5.74) is 0.991. The van der Waals surface area contributed by atoms with Gasteiger partial charge in [-0.2, -0.15) is 0 Å². The molecule has 0 spiro atoms. The molecule has 0 aliphatic carbocycles. The lowest BCUT2D eigenvalue weighted by Crippen LogP contribution is -2.50. The first-order valence-corrected chi connectivity index (χ1v) is 4.64. The Balaban J connectivity index is 2.25. The highest BCUT2D eigenvalue weighted by Crippen LogP contribution is 2.36. The van der Waals surface area contributed by atoms with Gasteiger partial charge in [0, 0.05) is 11.4 Å². The summed E-state index contributed by atoms with van der Waals surface area (Å²) in [6.07, 6.45) is 4.50. The van der Waals surface area contributed by atoms with Crippen molar-refractivity contribution >= 4 is 17.7 Å². The minimum absolute atomic E-state index is 0.230. The van der Waals surface area contributed by atoms with E-state index >= 15 is 0 Å². The summed E-state index contributed by atoms with van der Waals surface area (Å²) in [7, 11) is 0. The maximum absolute atomic E-state index is 11.1. The van der Waals surface area contributed by atoms with Crippen molar-refractivity contribution in [2.75, 3.05) is 5.75 Å². The summed E-state index contributed by atoms with van der Waals surface area (Å²) in [5.74, 6) is 1.24. The zero-order valence-corrected chi connectivity index (χ0v) is 6.93. The molecule has 11 heavy (non-hydrogen) atoms. The van der Waals surface area contributed by atoms with Gasteiger partial charge in [-0.25, -0.2) is 0 Å². The van der Waals surface area contributed by atoms with Crippen molar-refractivity contribution in [3.63, 3.8) is 0 Å². The Morgan fingerprint density at radius 2 is 2.64 bits per heavy atom. The van der Waals surface area contributed by atoms with Crippen LogP contribution in [0.3, 0.4) is 0 Å². The maximum Gasteiger partial charge on any atom is 0.230 e. The molecule has 3 heteroatoms. The number of carbonyl (C=O) groups is 1. The first-order valence-electron chi connectivity index (χ1n) is 3.59. The second kappa shape index (κ2) is 2.41. The second-order valence-corrected chi connectivity index (χ2v) is 3.80. The highest BCUT2D eigenvalue weighted by Gasteiger charge is 2.39. The highest BCUT2D eigenvalue weighted by atomic mass is 32.2. The average Bonchev–Trinajstić information content (AvgIpc) is 2.01. The van der Waals surface area contributed by atoms with Crippen molar-refractivity contribution in [3.05, 3.63) is 24.4 Å². The Hall–Kier alpha value is -0.700. The van der Waals surface area contributed by atoms with Crippen LogP contribution in [0.2, 0.25) is 0 Å². The number of allylic oxidation sites excluding steroid dienone is 1. The Morgan fingerprint density at radius 1 is 1.82 bits per heavy atom. The lowest BCUT2D eigenvalue weighted by atomic mass is 10.1. The molecule has 1 saturated heterocycles. The molecule has 2 rings (SSSR count). The van der Waals surface area contributed by atoms with Gasteiger partial charge in [-0.3, -0.25) is 9.69 Å². The summed E-state index contributed by atoms with van der Waals surface area (Å²) in [6.45, 7) is 3.67. The van der Waals surface area contributed by atoms with E-state index in [1.807, 2.05) is 22.7 Å². The molecular formula is C8H9NOS. The molecule has 1 unspecified atom stereocenters. The van der Waals surface area contributed by atoms with E-state index in [4.69, 9.17) is 0 Å². The van der Waals surface area contributed by atoms with Crippen LogP contribution in [-0.4, -0.2) is 21.9 Å². The molecule has 58 valence electrons. The van der Waals surface area contributed by atoms with E-state index in [-0.39, 0.29) is 5.91 Å². The van der Waals surface area contributed by atoms with E-state index in [1.165, 1.54) is 0 Å². The molecule has 0 aromatic carbocycles. The molecule has 2 aliphatic heterocycles. The summed E-state index contributed by atoms with van der Waals surface area (Å²) in [4.78, 5) is 12.9. The van der Waals surface area contributed by atoms with Crippen LogP contribution in [0.1, 0.15) is 6.42 Å². The van der Waals surface area contributed by atoms with E-state index in [2.05, 4.69) is 6.58 Å². The molecule has 1 amide bonds. The summed E-state index contributed by atoms with van der Waals surface area (Å²) in [6, 6.07) is 0. The molecule has 0 bridgehead atoms. The molecule has 2 heterocycles. The van der Waals surface area contributed by atoms with Gasteiger partial charge in [0.1, 0.15) is 0 Å². The zero-order valence-electron chi connectivity index (χ0n) is 6.12. The van der Waals surface area contributed by atoms with Crippen LogP contribution in [0.25, 0.3) is 0 Å². The van der Waals surface area contributed by atoms with Gasteiger partial charge in [0.2, 0.25) is 5.91 Å². The fourth-order valence-electron chi connectivity index (χ4n) is 1.36. The molecule has 0 saturated carbocycles. The van der Waals surface area contributed by atoms with Gasteiger partial charge >= 0.3 is 0 Å². The minimum atomic E-state index is 0.230.